The van der Waals surface area contributed by atoms with Gasteiger partial charge in [-0.05, 0) is 69.0 Å². The first kappa shape index (κ1) is 21.3. The van der Waals surface area contributed by atoms with E-state index in [0.717, 1.165) is 49.2 Å². The fourth-order valence-electron chi connectivity index (χ4n) is 5.09. The molecule has 2 fully saturated rings. The Morgan fingerprint density at radius 1 is 1.09 bits per heavy atom. The van der Waals surface area contributed by atoms with Crippen LogP contribution in [0.4, 0.5) is 13.8 Å². The predicted octanol–water partition coefficient (Wildman–Crippen LogP) is 5.40. The molecule has 1 saturated carbocycles. The molecule has 3 aromatic rings. The molecule has 0 amide bonds. The number of hydrogen-bond acceptors (Lipinski definition) is 6. The summed E-state index contributed by atoms with van der Waals surface area (Å²) in [6.45, 7) is 8.09. The molecule has 1 aliphatic carbocycles. The largest absolute Gasteiger partial charge is 0.424 e. The van der Waals surface area contributed by atoms with E-state index in [2.05, 4.69) is 20.3 Å². The Bertz CT molecular complexity index is 1080. The van der Waals surface area contributed by atoms with Crippen LogP contribution in [0, 0.1) is 36.3 Å². The van der Waals surface area contributed by atoms with Gasteiger partial charge in [-0.15, -0.1) is 0 Å². The van der Waals surface area contributed by atoms with Crippen molar-refractivity contribution < 1.29 is 13.5 Å². The molecule has 2 bridgehead atoms. The molecule has 1 saturated heterocycles. The molecule has 0 spiro atoms. The number of aryl methyl sites for hydroxylation is 1. The maximum absolute atomic E-state index is 13.6. The van der Waals surface area contributed by atoms with E-state index in [1.54, 1.807) is 16.2 Å². The lowest BCUT2D eigenvalue weighted by molar-refractivity contribution is 0.266. The van der Waals surface area contributed by atoms with Crippen LogP contribution in [0.1, 0.15) is 44.2 Å². The van der Waals surface area contributed by atoms with E-state index in [-0.39, 0.29) is 17.8 Å². The first-order valence-corrected chi connectivity index (χ1v) is 11.9. The van der Waals surface area contributed by atoms with Crippen molar-refractivity contribution in [1.29, 1.82) is 0 Å². The van der Waals surface area contributed by atoms with Crippen LogP contribution in [0.5, 0.6) is 11.8 Å². The summed E-state index contributed by atoms with van der Waals surface area (Å²) >= 11 is 1.58. The maximum atomic E-state index is 13.6. The van der Waals surface area contributed by atoms with Crippen LogP contribution in [0.25, 0.3) is 0 Å². The summed E-state index contributed by atoms with van der Waals surface area (Å²) in [5, 5.41) is 5.96. The number of piperidine rings is 1. The minimum absolute atomic E-state index is 0.0118. The molecule has 2 aliphatic rings. The lowest BCUT2D eigenvalue weighted by atomic mass is 9.82. The van der Waals surface area contributed by atoms with Crippen LogP contribution >= 0.6 is 11.5 Å². The minimum Gasteiger partial charge on any atom is -0.424 e. The van der Waals surface area contributed by atoms with Crippen molar-refractivity contribution in [2.24, 2.45) is 17.8 Å². The van der Waals surface area contributed by atoms with Crippen molar-refractivity contribution in [2.75, 3.05) is 18.0 Å². The van der Waals surface area contributed by atoms with Crippen molar-refractivity contribution in [2.45, 2.75) is 46.1 Å². The molecule has 0 N–H and O–H groups in total. The molecular formula is C23H27F2N5OS. The van der Waals surface area contributed by atoms with Gasteiger partial charge >= 0.3 is 6.01 Å². The zero-order valence-corrected chi connectivity index (χ0v) is 19.3. The Balaban J connectivity index is 1.33. The van der Waals surface area contributed by atoms with Crippen LogP contribution in [-0.4, -0.2) is 32.2 Å². The molecule has 170 valence electrons. The van der Waals surface area contributed by atoms with E-state index >= 15 is 0 Å². The second kappa shape index (κ2) is 8.42. The van der Waals surface area contributed by atoms with Gasteiger partial charge in [-0.1, -0.05) is 0 Å². The molecule has 0 radical (unpaired) electrons. The fraction of sp³-hybridized carbons (Fsp3) is 0.522. The Labute approximate surface area is 190 Å². The highest BCUT2D eigenvalue weighted by molar-refractivity contribution is 7.10. The van der Waals surface area contributed by atoms with Gasteiger partial charge in [-0.3, -0.25) is 0 Å². The topological polar surface area (TPSA) is 56.1 Å². The first-order valence-electron chi connectivity index (χ1n) is 11.1. The van der Waals surface area contributed by atoms with E-state index in [0.29, 0.717) is 17.8 Å². The van der Waals surface area contributed by atoms with Gasteiger partial charge in [0.05, 0.1) is 11.7 Å². The normalized spacial score (nSPS) is 22.7. The average Bonchev–Trinajstić information content (AvgIpc) is 3.38. The summed E-state index contributed by atoms with van der Waals surface area (Å²) in [7, 11) is 0. The maximum Gasteiger partial charge on any atom is 0.320 e. The highest BCUT2D eigenvalue weighted by Crippen LogP contribution is 2.45. The summed E-state index contributed by atoms with van der Waals surface area (Å²) in [6.07, 6.45) is 3.24. The summed E-state index contributed by atoms with van der Waals surface area (Å²) in [5.41, 5.74) is 1.08. The van der Waals surface area contributed by atoms with Crippen LogP contribution in [0.3, 0.4) is 0 Å². The average molecular weight is 460 g/mol. The number of hydrogen-bond donors (Lipinski definition) is 0. The third-order valence-electron chi connectivity index (χ3n) is 6.55. The smallest absolute Gasteiger partial charge is 0.320 e. The zero-order valence-electron chi connectivity index (χ0n) is 18.5. The monoisotopic (exact) mass is 459 g/mol. The number of halogens is 2. The van der Waals surface area contributed by atoms with Gasteiger partial charge in [0.2, 0.25) is 0 Å². The summed E-state index contributed by atoms with van der Waals surface area (Å²) in [4.78, 5) is 7.10. The lowest BCUT2D eigenvalue weighted by Crippen LogP contribution is -2.42. The number of benzene rings is 1. The van der Waals surface area contributed by atoms with Crippen LogP contribution in [-0.2, 0) is 6.42 Å². The predicted molar refractivity (Wildman–Crippen MR) is 119 cm³/mol. The number of nitrogens with zero attached hydrogens (tertiary/aromatic N) is 5. The van der Waals surface area contributed by atoms with E-state index in [9.17, 15) is 8.78 Å². The van der Waals surface area contributed by atoms with E-state index in [4.69, 9.17) is 9.84 Å². The molecule has 3 heterocycles. The number of ether oxygens (including phenoxy) is 1. The van der Waals surface area contributed by atoms with Crippen LogP contribution in [0.2, 0.25) is 0 Å². The van der Waals surface area contributed by atoms with Crippen molar-refractivity contribution in [1.82, 2.24) is 19.1 Å². The Hall–Kier alpha value is -2.55. The number of fused-ring (bicyclic) bond motifs is 2. The summed E-state index contributed by atoms with van der Waals surface area (Å²) < 4.78 is 39.0. The SMILES string of the molecule is Cc1cc(N2C[C@H]3CC[C@@H](C2)C3Cc2nc(Oc3cc(F)cc(F)c3)n(C(C)C)n2)sn1. The van der Waals surface area contributed by atoms with Gasteiger partial charge in [0, 0.05) is 37.7 Å². The van der Waals surface area contributed by atoms with Crippen molar-refractivity contribution in [3.63, 3.8) is 0 Å². The second-order valence-corrected chi connectivity index (χ2v) is 10.0. The van der Waals surface area contributed by atoms with Crippen molar-refractivity contribution >= 4 is 16.5 Å². The van der Waals surface area contributed by atoms with Crippen LogP contribution in [0.15, 0.2) is 24.3 Å². The quantitative estimate of drug-likeness (QED) is 0.494. The summed E-state index contributed by atoms with van der Waals surface area (Å²) in [6, 6.07) is 5.58. The molecule has 1 aromatic carbocycles. The van der Waals surface area contributed by atoms with E-state index < -0.39 is 11.6 Å². The Morgan fingerprint density at radius 3 is 2.38 bits per heavy atom. The van der Waals surface area contributed by atoms with E-state index in [1.807, 2.05) is 20.8 Å². The van der Waals surface area contributed by atoms with Gasteiger partial charge in [0.1, 0.15) is 22.4 Å². The Kier molecular flexibility index (Phi) is 5.61. The van der Waals surface area contributed by atoms with Gasteiger partial charge < -0.3 is 9.64 Å². The van der Waals surface area contributed by atoms with Crippen LogP contribution < -0.4 is 9.64 Å². The fourth-order valence-corrected chi connectivity index (χ4v) is 5.87. The number of rotatable bonds is 6. The summed E-state index contributed by atoms with van der Waals surface area (Å²) in [5.74, 6) is 1.17. The van der Waals surface area contributed by atoms with Crippen molar-refractivity contribution in [3.8, 4) is 11.8 Å². The standard InChI is InChI=1S/C23H27F2N5OS/c1-13(2)30-23(31-19-8-17(24)7-18(25)9-19)26-21(27-30)10-20-15-4-5-16(20)12-29(11-15)22-6-14(3)28-32-22/h6-9,13,15-16,20H,4-5,10-12H2,1-3H3/t15-,16+,20?. The van der Waals surface area contributed by atoms with Gasteiger partial charge in [0.25, 0.3) is 0 Å². The second-order valence-electron chi connectivity index (χ2n) is 9.23. The molecule has 1 aliphatic heterocycles. The number of anilines is 1. The third-order valence-corrected chi connectivity index (χ3v) is 7.50. The van der Waals surface area contributed by atoms with Gasteiger partial charge in [0.15, 0.2) is 5.82 Å². The van der Waals surface area contributed by atoms with Crippen molar-refractivity contribution in [3.05, 3.63) is 47.4 Å². The minimum atomic E-state index is -0.685. The first-order chi connectivity index (χ1) is 15.4. The molecule has 2 aromatic heterocycles. The van der Waals surface area contributed by atoms with Gasteiger partial charge in [-0.25, -0.2) is 13.5 Å². The highest BCUT2D eigenvalue weighted by atomic mass is 32.1. The third kappa shape index (κ3) is 4.22. The van der Waals surface area contributed by atoms with Gasteiger partial charge in [-0.2, -0.15) is 14.5 Å². The Morgan fingerprint density at radius 2 is 1.78 bits per heavy atom. The molecular weight excluding hydrogens is 432 g/mol. The molecule has 9 heteroatoms. The molecule has 3 atom stereocenters. The molecule has 6 nitrogen and oxygen atoms in total. The van der Waals surface area contributed by atoms with E-state index in [1.165, 1.54) is 17.8 Å². The molecule has 1 unspecified atom stereocenters. The molecule has 5 rings (SSSR count). The number of aromatic nitrogens is 4. The lowest BCUT2D eigenvalue weighted by Gasteiger charge is -2.38. The zero-order chi connectivity index (χ0) is 22.4. The highest BCUT2D eigenvalue weighted by Gasteiger charge is 2.43. The molecule has 32 heavy (non-hydrogen) atoms.